The van der Waals surface area contributed by atoms with Crippen molar-refractivity contribution in [2.45, 2.75) is 11.8 Å². The van der Waals surface area contributed by atoms with Crippen molar-refractivity contribution >= 4 is 22.9 Å². The van der Waals surface area contributed by atoms with Crippen molar-refractivity contribution < 1.29 is 3.07 Å². The summed E-state index contributed by atoms with van der Waals surface area (Å²) in [5, 5.41) is 0. The SMILES string of the molecule is [Sn][O]CCC(c1ccccc1)(c1ccccc1)c1ccccc1. The van der Waals surface area contributed by atoms with Gasteiger partial charge in [0.05, 0.1) is 0 Å². The minimum absolute atomic E-state index is 0.180. The molecule has 1 nitrogen and oxygen atoms in total. The van der Waals surface area contributed by atoms with Crippen molar-refractivity contribution in [2.24, 2.45) is 0 Å². The first-order valence-corrected chi connectivity index (χ1v) is 8.99. The Morgan fingerprint density at radius 2 is 0.957 bits per heavy atom. The molecule has 0 saturated carbocycles. The molecule has 3 aromatic rings. The molecule has 0 atom stereocenters. The zero-order chi connectivity index (χ0) is 16.0. The average molecular weight is 406 g/mol. The van der Waals surface area contributed by atoms with Gasteiger partial charge in [0, 0.05) is 0 Å². The van der Waals surface area contributed by atoms with Crippen LogP contribution >= 0.6 is 0 Å². The second-order valence-corrected chi connectivity index (χ2v) is 6.43. The summed E-state index contributed by atoms with van der Waals surface area (Å²) < 4.78 is 5.55. The van der Waals surface area contributed by atoms with Crippen molar-refractivity contribution in [3.63, 3.8) is 0 Å². The summed E-state index contributed by atoms with van der Waals surface area (Å²) in [5.41, 5.74) is 3.75. The molecule has 0 heterocycles. The molecule has 0 aliphatic heterocycles. The van der Waals surface area contributed by atoms with Gasteiger partial charge >= 0.3 is 152 Å². The molecule has 0 spiro atoms. The van der Waals surface area contributed by atoms with E-state index in [1.165, 1.54) is 16.7 Å². The third kappa shape index (κ3) is 3.36. The van der Waals surface area contributed by atoms with Crippen LogP contribution in [-0.2, 0) is 8.49 Å². The van der Waals surface area contributed by atoms with E-state index in [1.54, 1.807) is 0 Å². The van der Waals surface area contributed by atoms with E-state index in [4.69, 9.17) is 3.07 Å². The Hall–Kier alpha value is -1.58. The molecule has 0 amide bonds. The Kier molecular flexibility index (Phi) is 5.52. The van der Waals surface area contributed by atoms with E-state index >= 15 is 0 Å². The molecule has 0 unspecified atom stereocenters. The molecule has 113 valence electrons. The number of benzene rings is 3. The molecular formula is C21H19OSn. The zero-order valence-corrected chi connectivity index (χ0v) is 15.8. The van der Waals surface area contributed by atoms with Crippen molar-refractivity contribution in [2.75, 3.05) is 6.61 Å². The molecule has 2 heteroatoms. The van der Waals surface area contributed by atoms with Crippen molar-refractivity contribution in [3.05, 3.63) is 108 Å². The minimum atomic E-state index is -0.180. The maximum atomic E-state index is 5.55. The number of hydrogen-bond donors (Lipinski definition) is 0. The molecular weight excluding hydrogens is 387 g/mol. The van der Waals surface area contributed by atoms with Gasteiger partial charge in [0.2, 0.25) is 0 Å². The van der Waals surface area contributed by atoms with Crippen molar-refractivity contribution in [1.82, 2.24) is 0 Å². The summed E-state index contributed by atoms with van der Waals surface area (Å²) in [6.07, 6.45) is 0.927. The fraction of sp³-hybridized carbons (Fsp3) is 0.143. The van der Waals surface area contributed by atoms with Gasteiger partial charge in [-0.25, -0.2) is 0 Å². The predicted octanol–water partition coefficient (Wildman–Crippen LogP) is 4.51. The van der Waals surface area contributed by atoms with Gasteiger partial charge in [0.15, 0.2) is 0 Å². The standard InChI is InChI=1S/C21H19O.Sn/c22-17-16-21(18-10-4-1-5-11-18,19-12-6-2-7-13-19)20-14-8-3-9-15-20;/h1-15H,16-17H2;/q-1;+1. The summed E-state index contributed by atoms with van der Waals surface area (Å²) in [4.78, 5) is 0. The number of rotatable bonds is 6. The van der Waals surface area contributed by atoms with Crippen LogP contribution in [0.4, 0.5) is 0 Å². The van der Waals surface area contributed by atoms with Crippen LogP contribution in [0.3, 0.4) is 0 Å². The molecule has 3 rings (SSSR count). The van der Waals surface area contributed by atoms with Crippen LogP contribution < -0.4 is 0 Å². The Balaban J connectivity index is 2.25. The molecule has 0 bridgehead atoms. The summed E-state index contributed by atoms with van der Waals surface area (Å²) in [7, 11) is 0. The number of hydrogen-bond acceptors (Lipinski definition) is 1. The van der Waals surface area contributed by atoms with Crippen molar-refractivity contribution in [3.8, 4) is 0 Å². The van der Waals surface area contributed by atoms with Gasteiger partial charge in [-0.2, -0.15) is 0 Å². The van der Waals surface area contributed by atoms with E-state index in [0.717, 1.165) is 36.0 Å². The molecule has 0 aromatic heterocycles. The monoisotopic (exact) mass is 407 g/mol. The van der Waals surface area contributed by atoms with Gasteiger partial charge < -0.3 is 0 Å². The van der Waals surface area contributed by atoms with Crippen LogP contribution in [0.25, 0.3) is 0 Å². The average Bonchev–Trinajstić information content (AvgIpc) is 2.65. The van der Waals surface area contributed by atoms with E-state index in [0.29, 0.717) is 0 Å². The molecule has 3 aromatic carbocycles. The molecule has 0 N–H and O–H groups in total. The van der Waals surface area contributed by atoms with Crippen LogP contribution in [0.5, 0.6) is 0 Å². The van der Waals surface area contributed by atoms with Crippen molar-refractivity contribution in [1.29, 1.82) is 0 Å². The van der Waals surface area contributed by atoms with Gasteiger partial charge in [0.1, 0.15) is 0 Å². The summed E-state index contributed by atoms with van der Waals surface area (Å²) >= 11 is 1.12. The summed E-state index contributed by atoms with van der Waals surface area (Å²) in [5.74, 6) is 0. The molecule has 0 saturated heterocycles. The fourth-order valence-corrected chi connectivity index (χ4v) is 3.60. The van der Waals surface area contributed by atoms with E-state index in [-0.39, 0.29) is 5.41 Å². The van der Waals surface area contributed by atoms with E-state index in [9.17, 15) is 0 Å². The Labute approximate surface area is 152 Å². The normalized spacial score (nSPS) is 11.3. The summed E-state index contributed by atoms with van der Waals surface area (Å²) in [6.45, 7) is 0.747. The van der Waals surface area contributed by atoms with Crippen LogP contribution in [0, 0.1) is 0 Å². The van der Waals surface area contributed by atoms with Gasteiger partial charge in [-0.1, -0.05) is 0 Å². The molecule has 0 fully saturated rings. The molecule has 0 aliphatic rings. The molecule has 3 radical (unpaired) electrons. The first-order valence-electron chi connectivity index (χ1n) is 7.83. The molecule has 23 heavy (non-hydrogen) atoms. The van der Waals surface area contributed by atoms with Gasteiger partial charge in [-0.3, -0.25) is 0 Å². The first kappa shape index (κ1) is 16.3. The Morgan fingerprint density at radius 3 is 1.26 bits per heavy atom. The molecule has 0 aliphatic carbocycles. The second kappa shape index (κ2) is 7.80. The van der Waals surface area contributed by atoms with Crippen LogP contribution in [-0.4, -0.2) is 29.5 Å². The van der Waals surface area contributed by atoms with E-state index < -0.39 is 0 Å². The third-order valence-electron chi connectivity index (χ3n) is 4.38. The first-order chi connectivity index (χ1) is 11.4. The van der Waals surface area contributed by atoms with Crippen LogP contribution in [0.15, 0.2) is 91.0 Å². The van der Waals surface area contributed by atoms with Crippen LogP contribution in [0.1, 0.15) is 23.1 Å². The van der Waals surface area contributed by atoms with Crippen LogP contribution in [0.2, 0.25) is 0 Å². The zero-order valence-electron chi connectivity index (χ0n) is 13.0. The van der Waals surface area contributed by atoms with E-state index in [2.05, 4.69) is 91.0 Å². The Bertz CT molecular complexity index is 614. The predicted molar refractivity (Wildman–Crippen MR) is 95.5 cm³/mol. The summed E-state index contributed by atoms with van der Waals surface area (Å²) in [6, 6.07) is 32.3. The topological polar surface area (TPSA) is 9.23 Å². The fourth-order valence-electron chi connectivity index (χ4n) is 3.31. The Morgan fingerprint density at radius 1 is 0.609 bits per heavy atom. The van der Waals surface area contributed by atoms with Gasteiger partial charge in [-0.05, 0) is 0 Å². The third-order valence-corrected chi connectivity index (χ3v) is 4.96. The second-order valence-electron chi connectivity index (χ2n) is 5.60. The maximum absolute atomic E-state index is 5.55. The quantitative estimate of drug-likeness (QED) is 0.433. The van der Waals surface area contributed by atoms with Gasteiger partial charge in [-0.15, -0.1) is 0 Å². The van der Waals surface area contributed by atoms with E-state index in [1.807, 2.05) is 0 Å². The van der Waals surface area contributed by atoms with Gasteiger partial charge in [0.25, 0.3) is 0 Å².